The summed E-state index contributed by atoms with van der Waals surface area (Å²) in [5, 5.41) is 10.3. The van der Waals surface area contributed by atoms with E-state index in [0.29, 0.717) is 17.1 Å². The van der Waals surface area contributed by atoms with Crippen molar-refractivity contribution in [3.63, 3.8) is 0 Å². The number of ether oxygens (including phenoxy) is 1. The molecule has 0 spiro atoms. The van der Waals surface area contributed by atoms with E-state index in [0.717, 1.165) is 22.6 Å². The van der Waals surface area contributed by atoms with Crippen LogP contribution in [0.3, 0.4) is 0 Å². The lowest BCUT2D eigenvalue weighted by atomic mass is 10.2. The van der Waals surface area contributed by atoms with E-state index in [1.165, 1.54) is 10.8 Å². The molecule has 0 saturated heterocycles. The monoisotopic (exact) mass is 340 g/mol. The Labute approximate surface area is 143 Å². The Hall–Kier alpha value is -2.86. The van der Waals surface area contributed by atoms with Crippen LogP contribution in [0.5, 0.6) is 11.6 Å². The summed E-state index contributed by atoms with van der Waals surface area (Å²) in [4.78, 5) is 16.6. The molecule has 0 saturated carbocycles. The third-order valence-electron chi connectivity index (χ3n) is 3.48. The molecule has 0 unspecified atom stereocenters. The molecule has 122 valence electrons. The zero-order chi connectivity index (χ0) is 16.9. The minimum absolute atomic E-state index is 0.0638. The molecule has 0 bridgehead atoms. The van der Waals surface area contributed by atoms with Gasteiger partial charge in [0.05, 0.1) is 25.6 Å². The van der Waals surface area contributed by atoms with Crippen molar-refractivity contribution in [3.8, 4) is 11.6 Å². The second-order valence-electron chi connectivity index (χ2n) is 5.08. The van der Waals surface area contributed by atoms with Crippen molar-refractivity contribution >= 4 is 23.2 Å². The van der Waals surface area contributed by atoms with Gasteiger partial charge in [0.2, 0.25) is 5.88 Å². The highest BCUT2D eigenvalue weighted by atomic mass is 32.1. The lowest BCUT2D eigenvalue weighted by Gasteiger charge is -2.03. The second kappa shape index (κ2) is 7.14. The number of aromatic nitrogens is 1. The predicted molar refractivity (Wildman–Crippen MR) is 96.0 cm³/mol. The zero-order valence-corrected chi connectivity index (χ0v) is 13.9. The van der Waals surface area contributed by atoms with Gasteiger partial charge in [-0.2, -0.15) is 0 Å². The zero-order valence-electron chi connectivity index (χ0n) is 13.0. The molecule has 0 amide bonds. The quantitative estimate of drug-likeness (QED) is 0.724. The fraction of sp³-hybridized carbons (Fsp3) is 0.111. The SMILES string of the molecule is COc1ccc(N=Cc2sc(=O)n(Cc3ccccc3)c2O)cc1. The molecule has 0 radical (unpaired) electrons. The highest BCUT2D eigenvalue weighted by Crippen LogP contribution is 2.22. The fourth-order valence-electron chi connectivity index (χ4n) is 2.21. The smallest absolute Gasteiger partial charge is 0.310 e. The largest absolute Gasteiger partial charge is 0.497 e. The highest BCUT2D eigenvalue weighted by molar-refractivity contribution is 7.11. The summed E-state index contributed by atoms with van der Waals surface area (Å²) in [6.07, 6.45) is 1.50. The minimum Gasteiger partial charge on any atom is -0.497 e. The van der Waals surface area contributed by atoms with E-state index in [1.54, 1.807) is 31.4 Å². The molecule has 1 N–H and O–H groups in total. The molecule has 6 heteroatoms. The van der Waals surface area contributed by atoms with Gasteiger partial charge in [-0.15, -0.1) is 0 Å². The number of rotatable bonds is 5. The first kappa shape index (κ1) is 16.0. The Balaban J connectivity index is 1.83. The Morgan fingerprint density at radius 2 is 1.88 bits per heavy atom. The summed E-state index contributed by atoms with van der Waals surface area (Å²) in [6.45, 7) is 0.332. The Kier molecular flexibility index (Phi) is 4.77. The van der Waals surface area contributed by atoms with Crippen molar-refractivity contribution in [2.24, 2.45) is 4.99 Å². The minimum atomic E-state index is -0.215. The van der Waals surface area contributed by atoms with E-state index in [9.17, 15) is 9.90 Å². The fourth-order valence-corrected chi connectivity index (χ4v) is 2.96. The van der Waals surface area contributed by atoms with Crippen molar-refractivity contribution in [2.45, 2.75) is 6.54 Å². The van der Waals surface area contributed by atoms with Gasteiger partial charge >= 0.3 is 4.87 Å². The van der Waals surface area contributed by atoms with Gasteiger partial charge in [-0.1, -0.05) is 41.7 Å². The molecule has 3 rings (SSSR count). The van der Waals surface area contributed by atoms with Gasteiger partial charge < -0.3 is 9.84 Å². The molecule has 5 nitrogen and oxygen atoms in total. The maximum absolute atomic E-state index is 12.1. The Bertz CT molecular complexity index is 896. The molecule has 0 aliphatic heterocycles. The second-order valence-corrected chi connectivity index (χ2v) is 6.08. The van der Waals surface area contributed by atoms with E-state index >= 15 is 0 Å². The van der Waals surface area contributed by atoms with Crippen LogP contribution in [0, 0.1) is 0 Å². The molecule has 1 aromatic heterocycles. The van der Waals surface area contributed by atoms with Crippen LogP contribution in [0.15, 0.2) is 64.4 Å². The van der Waals surface area contributed by atoms with Gasteiger partial charge in [0, 0.05) is 0 Å². The molecule has 24 heavy (non-hydrogen) atoms. The number of methoxy groups -OCH3 is 1. The van der Waals surface area contributed by atoms with Crippen LogP contribution in [-0.4, -0.2) is 23.0 Å². The Morgan fingerprint density at radius 1 is 1.17 bits per heavy atom. The standard InChI is InChI=1S/C18H16N2O3S/c1-23-15-9-7-14(8-10-15)19-11-16-17(21)20(18(22)24-16)12-13-5-3-2-4-6-13/h2-11,21H,12H2,1H3. The number of hydrogen-bond acceptors (Lipinski definition) is 5. The highest BCUT2D eigenvalue weighted by Gasteiger charge is 2.12. The molecule has 0 fully saturated rings. The molecule has 0 atom stereocenters. The Morgan fingerprint density at radius 3 is 2.54 bits per heavy atom. The van der Waals surface area contributed by atoms with E-state index in [1.807, 2.05) is 30.3 Å². The maximum Gasteiger partial charge on any atom is 0.310 e. The van der Waals surface area contributed by atoms with E-state index in [-0.39, 0.29) is 10.8 Å². The van der Waals surface area contributed by atoms with Crippen LogP contribution in [0.2, 0.25) is 0 Å². The van der Waals surface area contributed by atoms with Crippen molar-refractivity contribution in [1.29, 1.82) is 0 Å². The van der Waals surface area contributed by atoms with Crippen LogP contribution in [0.25, 0.3) is 0 Å². The van der Waals surface area contributed by atoms with Gasteiger partial charge in [-0.25, -0.2) is 0 Å². The van der Waals surface area contributed by atoms with Crippen molar-refractivity contribution < 1.29 is 9.84 Å². The molecule has 3 aromatic rings. The van der Waals surface area contributed by atoms with E-state index < -0.39 is 0 Å². The average Bonchev–Trinajstić information content (AvgIpc) is 2.89. The predicted octanol–water partition coefficient (Wildman–Crippen LogP) is 3.42. The molecule has 0 aliphatic carbocycles. The lowest BCUT2D eigenvalue weighted by molar-refractivity contribution is 0.415. The van der Waals surface area contributed by atoms with Crippen LogP contribution < -0.4 is 9.61 Å². The summed E-state index contributed by atoms with van der Waals surface area (Å²) in [5.74, 6) is 0.682. The molecule has 1 heterocycles. The lowest BCUT2D eigenvalue weighted by Crippen LogP contribution is -2.13. The molecular weight excluding hydrogens is 324 g/mol. The first-order chi connectivity index (χ1) is 11.7. The summed E-state index contributed by atoms with van der Waals surface area (Å²) in [7, 11) is 1.60. The number of aliphatic imine (C=N–C) groups is 1. The average molecular weight is 340 g/mol. The van der Waals surface area contributed by atoms with Crippen molar-refractivity contribution in [1.82, 2.24) is 4.57 Å². The van der Waals surface area contributed by atoms with Gasteiger partial charge in [0.15, 0.2) is 0 Å². The number of thiazole rings is 1. The number of aromatic hydroxyl groups is 1. The van der Waals surface area contributed by atoms with Gasteiger partial charge in [0.1, 0.15) is 10.6 Å². The number of nitrogens with zero attached hydrogens (tertiary/aromatic N) is 2. The van der Waals surface area contributed by atoms with E-state index in [4.69, 9.17) is 4.74 Å². The third-order valence-corrected chi connectivity index (χ3v) is 4.38. The molecule has 0 aliphatic rings. The van der Waals surface area contributed by atoms with Gasteiger partial charge in [-0.05, 0) is 29.8 Å². The van der Waals surface area contributed by atoms with Crippen LogP contribution >= 0.6 is 11.3 Å². The van der Waals surface area contributed by atoms with Gasteiger partial charge in [0.25, 0.3) is 0 Å². The number of hydrogen-bond donors (Lipinski definition) is 1. The maximum atomic E-state index is 12.1. The summed E-state index contributed by atoms with van der Waals surface area (Å²) < 4.78 is 6.43. The van der Waals surface area contributed by atoms with Gasteiger partial charge in [-0.3, -0.25) is 14.4 Å². The summed E-state index contributed by atoms with van der Waals surface area (Å²) >= 11 is 0.971. The van der Waals surface area contributed by atoms with Crippen molar-refractivity contribution in [3.05, 3.63) is 74.7 Å². The third kappa shape index (κ3) is 3.55. The first-order valence-corrected chi connectivity index (χ1v) is 8.13. The van der Waals surface area contributed by atoms with Crippen LogP contribution in [0.4, 0.5) is 5.69 Å². The molecular formula is C18H16N2O3S. The molecule has 2 aromatic carbocycles. The normalized spacial score (nSPS) is 11.0. The van der Waals surface area contributed by atoms with Crippen LogP contribution in [0.1, 0.15) is 10.4 Å². The first-order valence-electron chi connectivity index (χ1n) is 7.32. The van der Waals surface area contributed by atoms with Crippen molar-refractivity contribution in [2.75, 3.05) is 7.11 Å². The summed E-state index contributed by atoms with van der Waals surface area (Å²) in [6, 6.07) is 16.7. The van der Waals surface area contributed by atoms with E-state index in [2.05, 4.69) is 4.99 Å². The van der Waals surface area contributed by atoms with Crippen LogP contribution in [-0.2, 0) is 6.54 Å². The number of benzene rings is 2. The summed E-state index contributed by atoms with van der Waals surface area (Å²) in [5.41, 5.74) is 1.66. The topological polar surface area (TPSA) is 63.8 Å².